The maximum absolute atomic E-state index is 6.09. The molecule has 2 aromatic carbocycles. The number of aryl methyl sites for hydroxylation is 2. The van der Waals surface area contributed by atoms with Crippen molar-refractivity contribution in [3.8, 4) is 11.3 Å². The van der Waals surface area contributed by atoms with Crippen molar-refractivity contribution in [2.45, 2.75) is 19.3 Å². The second-order valence-electron chi connectivity index (χ2n) is 5.34. The van der Waals surface area contributed by atoms with Gasteiger partial charge in [0.25, 0.3) is 0 Å². The Kier molecular flexibility index (Phi) is 2.75. The summed E-state index contributed by atoms with van der Waals surface area (Å²) in [6.45, 7) is 0. The van der Waals surface area contributed by atoms with Crippen molar-refractivity contribution in [2.24, 2.45) is 0 Å². The fourth-order valence-corrected chi connectivity index (χ4v) is 3.23. The molecule has 4 rings (SSSR count). The van der Waals surface area contributed by atoms with Crippen molar-refractivity contribution in [2.75, 3.05) is 0 Å². The van der Waals surface area contributed by atoms with Gasteiger partial charge in [-0.1, -0.05) is 35.9 Å². The van der Waals surface area contributed by atoms with Crippen LogP contribution in [-0.4, -0.2) is 4.98 Å². The molecule has 0 saturated carbocycles. The minimum absolute atomic E-state index is 0.772. The highest BCUT2D eigenvalue weighted by atomic mass is 35.5. The van der Waals surface area contributed by atoms with E-state index in [0.29, 0.717) is 0 Å². The molecule has 0 N–H and O–H groups in total. The van der Waals surface area contributed by atoms with Gasteiger partial charge >= 0.3 is 0 Å². The number of pyridine rings is 1. The molecule has 98 valence electrons. The zero-order valence-electron chi connectivity index (χ0n) is 11.1. The van der Waals surface area contributed by atoms with Gasteiger partial charge in [0.15, 0.2) is 0 Å². The Hall–Kier alpha value is -1.86. The predicted molar refractivity (Wildman–Crippen MR) is 84.2 cm³/mol. The van der Waals surface area contributed by atoms with Crippen molar-refractivity contribution in [1.29, 1.82) is 0 Å². The SMILES string of the molecule is Clc1ccc2nc3c(cc2c1)CCCc1ccccc1-3. The Balaban J connectivity index is 2.03. The molecule has 0 atom stereocenters. The van der Waals surface area contributed by atoms with Gasteiger partial charge < -0.3 is 0 Å². The Morgan fingerprint density at radius 1 is 0.900 bits per heavy atom. The van der Waals surface area contributed by atoms with Crippen LogP contribution in [-0.2, 0) is 12.8 Å². The van der Waals surface area contributed by atoms with Gasteiger partial charge in [0.1, 0.15) is 0 Å². The number of hydrogen-bond acceptors (Lipinski definition) is 1. The van der Waals surface area contributed by atoms with Gasteiger partial charge in [-0.2, -0.15) is 0 Å². The van der Waals surface area contributed by atoms with Crippen LogP contribution in [0.5, 0.6) is 0 Å². The summed E-state index contributed by atoms with van der Waals surface area (Å²) in [5, 5.41) is 1.91. The molecule has 3 aromatic rings. The Morgan fingerprint density at radius 2 is 1.75 bits per heavy atom. The molecular weight excluding hydrogens is 266 g/mol. The van der Waals surface area contributed by atoms with Crippen LogP contribution in [0.25, 0.3) is 22.2 Å². The molecule has 1 aromatic heterocycles. The van der Waals surface area contributed by atoms with E-state index in [2.05, 4.69) is 30.3 Å². The number of rotatable bonds is 0. The number of fused-ring (bicyclic) bond motifs is 4. The number of halogens is 1. The smallest absolute Gasteiger partial charge is 0.0744 e. The van der Waals surface area contributed by atoms with Gasteiger partial charge in [0.05, 0.1) is 11.2 Å². The fraction of sp³-hybridized carbons (Fsp3) is 0.167. The van der Waals surface area contributed by atoms with Crippen molar-refractivity contribution in [1.82, 2.24) is 4.98 Å². The third-order valence-electron chi connectivity index (χ3n) is 4.02. The first kappa shape index (κ1) is 11.9. The minimum Gasteiger partial charge on any atom is -0.247 e. The average Bonchev–Trinajstić information content (AvgIpc) is 2.64. The number of benzene rings is 2. The third kappa shape index (κ3) is 1.90. The Bertz CT molecular complexity index is 808. The summed E-state index contributed by atoms with van der Waals surface area (Å²) in [6, 6.07) is 16.8. The van der Waals surface area contributed by atoms with E-state index >= 15 is 0 Å². The summed E-state index contributed by atoms with van der Waals surface area (Å²) in [5.41, 5.74) is 6.20. The van der Waals surface area contributed by atoms with Gasteiger partial charge in [0.2, 0.25) is 0 Å². The van der Waals surface area contributed by atoms with Gasteiger partial charge in [-0.3, -0.25) is 0 Å². The van der Waals surface area contributed by atoms with Crippen LogP contribution in [0, 0.1) is 0 Å². The second kappa shape index (κ2) is 4.60. The van der Waals surface area contributed by atoms with Gasteiger partial charge in [0, 0.05) is 16.0 Å². The molecule has 0 fully saturated rings. The quantitative estimate of drug-likeness (QED) is 0.561. The molecule has 1 aliphatic carbocycles. The number of nitrogens with zero attached hydrogens (tertiary/aromatic N) is 1. The Labute approximate surface area is 123 Å². The highest BCUT2D eigenvalue weighted by Gasteiger charge is 2.16. The lowest BCUT2D eigenvalue weighted by molar-refractivity contribution is 0.834. The summed E-state index contributed by atoms with van der Waals surface area (Å²) in [5.74, 6) is 0. The second-order valence-corrected chi connectivity index (χ2v) is 5.78. The molecule has 20 heavy (non-hydrogen) atoms. The number of aromatic nitrogens is 1. The normalized spacial score (nSPS) is 13.7. The first-order valence-electron chi connectivity index (χ1n) is 6.99. The van der Waals surface area contributed by atoms with E-state index in [0.717, 1.165) is 34.5 Å². The summed E-state index contributed by atoms with van der Waals surface area (Å²) >= 11 is 6.09. The van der Waals surface area contributed by atoms with E-state index < -0.39 is 0 Å². The van der Waals surface area contributed by atoms with E-state index in [9.17, 15) is 0 Å². The van der Waals surface area contributed by atoms with Crippen molar-refractivity contribution in [3.05, 3.63) is 64.7 Å². The largest absolute Gasteiger partial charge is 0.247 e. The van der Waals surface area contributed by atoms with Crippen molar-refractivity contribution in [3.63, 3.8) is 0 Å². The monoisotopic (exact) mass is 279 g/mol. The standard InChI is InChI=1S/C18H14ClN/c19-15-8-9-17-14(11-15)10-13-6-3-5-12-4-1-2-7-16(12)18(13)20-17/h1-2,4,7-11H,3,5-6H2. The molecule has 0 unspecified atom stereocenters. The molecule has 0 bridgehead atoms. The Morgan fingerprint density at radius 3 is 2.70 bits per heavy atom. The highest BCUT2D eigenvalue weighted by molar-refractivity contribution is 6.31. The molecule has 0 radical (unpaired) electrons. The molecule has 0 amide bonds. The summed E-state index contributed by atoms with van der Waals surface area (Å²) in [6.07, 6.45) is 3.39. The average molecular weight is 280 g/mol. The van der Waals surface area contributed by atoms with E-state index in [-0.39, 0.29) is 0 Å². The van der Waals surface area contributed by atoms with Crippen LogP contribution in [0.1, 0.15) is 17.5 Å². The summed E-state index contributed by atoms with van der Waals surface area (Å²) in [7, 11) is 0. The molecular formula is C18H14ClN. The third-order valence-corrected chi connectivity index (χ3v) is 4.26. The lowest BCUT2D eigenvalue weighted by Crippen LogP contribution is -1.93. The molecule has 2 heteroatoms. The molecule has 1 aliphatic rings. The van der Waals surface area contributed by atoms with E-state index in [4.69, 9.17) is 16.6 Å². The van der Waals surface area contributed by atoms with Crippen LogP contribution >= 0.6 is 11.6 Å². The lowest BCUT2D eigenvalue weighted by Gasteiger charge is -2.10. The highest BCUT2D eigenvalue weighted by Crippen LogP contribution is 2.33. The van der Waals surface area contributed by atoms with Gasteiger partial charge in [-0.25, -0.2) is 4.98 Å². The van der Waals surface area contributed by atoms with Gasteiger partial charge in [-0.05, 0) is 54.7 Å². The van der Waals surface area contributed by atoms with Gasteiger partial charge in [-0.15, -0.1) is 0 Å². The fourth-order valence-electron chi connectivity index (χ4n) is 3.05. The summed E-state index contributed by atoms with van der Waals surface area (Å²) in [4.78, 5) is 4.90. The predicted octanol–water partition coefficient (Wildman–Crippen LogP) is 5.04. The van der Waals surface area contributed by atoms with Crippen LogP contribution in [0.3, 0.4) is 0 Å². The summed E-state index contributed by atoms with van der Waals surface area (Å²) < 4.78 is 0. The van der Waals surface area contributed by atoms with Crippen LogP contribution < -0.4 is 0 Å². The van der Waals surface area contributed by atoms with E-state index in [1.165, 1.54) is 23.1 Å². The van der Waals surface area contributed by atoms with Crippen LogP contribution in [0.15, 0.2) is 48.5 Å². The maximum Gasteiger partial charge on any atom is 0.0744 e. The lowest BCUT2D eigenvalue weighted by atomic mass is 10.0. The van der Waals surface area contributed by atoms with Crippen LogP contribution in [0.4, 0.5) is 0 Å². The zero-order valence-corrected chi connectivity index (χ0v) is 11.8. The zero-order chi connectivity index (χ0) is 13.5. The van der Waals surface area contributed by atoms with Crippen molar-refractivity contribution >= 4 is 22.5 Å². The van der Waals surface area contributed by atoms with Crippen molar-refractivity contribution < 1.29 is 0 Å². The molecule has 0 aliphatic heterocycles. The molecule has 1 heterocycles. The first-order chi connectivity index (χ1) is 9.81. The van der Waals surface area contributed by atoms with E-state index in [1.807, 2.05) is 18.2 Å². The molecule has 0 saturated heterocycles. The maximum atomic E-state index is 6.09. The number of hydrogen-bond donors (Lipinski definition) is 0. The minimum atomic E-state index is 0.772. The topological polar surface area (TPSA) is 12.9 Å². The first-order valence-corrected chi connectivity index (χ1v) is 7.36. The molecule has 0 spiro atoms. The van der Waals surface area contributed by atoms with E-state index in [1.54, 1.807) is 0 Å². The van der Waals surface area contributed by atoms with Crippen LogP contribution in [0.2, 0.25) is 5.02 Å². The molecule has 1 nitrogen and oxygen atoms in total.